The lowest BCUT2D eigenvalue weighted by atomic mass is 10.2. The van der Waals surface area contributed by atoms with E-state index in [2.05, 4.69) is 29.9 Å². The minimum Gasteiger partial charge on any atom is -0.317 e. The molecule has 0 aromatic rings. The van der Waals surface area contributed by atoms with Gasteiger partial charge in [0.15, 0.2) is 9.84 Å². The van der Waals surface area contributed by atoms with Crippen LogP contribution in [0.25, 0.3) is 0 Å². The minimum atomic E-state index is -0.124. The topological polar surface area (TPSA) is 6.48 Å². The van der Waals surface area contributed by atoms with E-state index in [1.807, 2.05) is 0 Å². The highest BCUT2D eigenvalue weighted by atomic mass is 28.2. The molecule has 0 aromatic heterocycles. The molecule has 0 amide bonds. The maximum atomic E-state index is 2.79. The van der Waals surface area contributed by atoms with E-state index in [9.17, 15) is 0 Å². The fourth-order valence-corrected chi connectivity index (χ4v) is 4.13. The molecular weight excluding hydrogens is 188 g/mol. The summed E-state index contributed by atoms with van der Waals surface area (Å²) >= 11 is 0. The molecule has 1 saturated carbocycles. The van der Waals surface area contributed by atoms with Gasteiger partial charge in [-0.15, -0.1) is 0 Å². The molecule has 0 radical (unpaired) electrons. The Hall–Kier alpha value is 0.137. The Morgan fingerprint density at radius 1 is 1.00 bits per heavy atom. The Morgan fingerprint density at radius 3 is 2.00 bits per heavy atom. The second kappa shape index (κ2) is 6.59. The lowest BCUT2D eigenvalue weighted by Gasteiger charge is -2.32. The third kappa shape index (κ3) is 3.37. The summed E-state index contributed by atoms with van der Waals surface area (Å²) in [6, 6.07) is 0.937. The zero-order chi connectivity index (χ0) is 10.4. The number of nitrogens with zero attached hydrogens (tertiary/aromatic N) is 2. The average Bonchev–Trinajstić information content (AvgIpc) is 2.73. The smallest absolute Gasteiger partial charge is 0.173 e. The van der Waals surface area contributed by atoms with Crippen LogP contribution < -0.4 is 0 Å². The monoisotopic (exact) mass is 214 g/mol. The van der Waals surface area contributed by atoms with Gasteiger partial charge in [-0.1, -0.05) is 33.6 Å². The summed E-state index contributed by atoms with van der Waals surface area (Å²) in [5.74, 6) is 0. The first-order valence-corrected chi connectivity index (χ1v) is 7.54. The second-order valence-corrected chi connectivity index (χ2v) is 6.28. The van der Waals surface area contributed by atoms with Crippen LogP contribution in [0.2, 0.25) is 0 Å². The quantitative estimate of drug-likeness (QED) is 0.620. The summed E-state index contributed by atoms with van der Waals surface area (Å²) < 4.78 is 5.45. The Bertz CT molecular complexity index is 142. The van der Waals surface area contributed by atoms with Crippen molar-refractivity contribution in [2.75, 3.05) is 19.6 Å². The molecule has 0 heterocycles. The van der Waals surface area contributed by atoms with Gasteiger partial charge in [-0.3, -0.25) is 0 Å². The fourth-order valence-electron chi connectivity index (χ4n) is 2.42. The van der Waals surface area contributed by atoms with Gasteiger partial charge in [0.05, 0.1) is 0 Å². The van der Waals surface area contributed by atoms with Gasteiger partial charge in [0, 0.05) is 6.04 Å². The van der Waals surface area contributed by atoms with E-state index in [0.717, 1.165) is 6.04 Å². The summed E-state index contributed by atoms with van der Waals surface area (Å²) in [7, 11) is -0.124. The third-order valence-electron chi connectivity index (χ3n) is 3.52. The van der Waals surface area contributed by atoms with Gasteiger partial charge < -0.3 is 9.13 Å². The highest BCUT2D eigenvalue weighted by Crippen LogP contribution is 2.22. The maximum absolute atomic E-state index is 2.79. The molecule has 84 valence electrons. The second-order valence-electron chi connectivity index (χ2n) is 4.29. The molecule has 0 atom stereocenters. The van der Waals surface area contributed by atoms with Crippen molar-refractivity contribution in [1.82, 2.24) is 9.13 Å². The highest BCUT2D eigenvalue weighted by Gasteiger charge is 2.22. The SMILES string of the molecule is CCN(CC)[SiH2]N(CC)C1CCCC1. The molecule has 0 spiro atoms. The summed E-state index contributed by atoms with van der Waals surface area (Å²) in [5.41, 5.74) is 0. The van der Waals surface area contributed by atoms with E-state index in [-0.39, 0.29) is 9.84 Å². The van der Waals surface area contributed by atoms with Crippen LogP contribution in [0.5, 0.6) is 0 Å². The lowest BCUT2D eigenvalue weighted by Crippen LogP contribution is -2.45. The molecule has 3 heteroatoms. The third-order valence-corrected chi connectivity index (χ3v) is 6.14. The van der Waals surface area contributed by atoms with Crippen molar-refractivity contribution in [3.8, 4) is 0 Å². The van der Waals surface area contributed by atoms with Crippen molar-refractivity contribution >= 4 is 9.84 Å². The van der Waals surface area contributed by atoms with Crippen LogP contribution in [-0.2, 0) is 0 Å². The van der Waals surface area contributed by atoms with Crippen molar-refractivity contribution in [2.24, 2.45) is 0 Å². The summed E-state index contributed by atoms with van der Waals surface area (Å²) in [5, 5.41) is 0. The maximum Gasteiger partial charge on any atom is 0.173 e. The van der Waals surface area contributed by atoms with Crippen LogP contribution in [0.1, 0.15) is 46.5 Å². The van der Waals surface area contributed by atoms with Crippen LogP contribution in [0, 0.1) is 0 Å². The van der Waals surface area contributed by atoms with Crippen LogP contribution in [0.3, 0.4) is 0 Å². The molecule has 0 bridgehead atoms. The summed E-state index contributed by atoms with van der Waals surface area (Å²) in [6.45, 7) is 10.7. The van der Waals surface area contributed by atoms with Gasteiger partial charge in [0.25, 0.3) is 0 Å². The number of hydrogen-bond acceptors (Lipinski definition) is 2. The van der Waals surface area contributed by atoms with Crippen molar-refractivity contribution in [1.29, 1.82) is 0 Å². The predicted octanol–water partition coefficient (Wildman–Crippen LogP) is 1.59. The molecule has 1 rings (SSSR count). The van der Waals surface area contributed by atoms with Crippen LogP contribution in [-0.4, -0.2) is 44.6 Å². The van der Waals surface area contributed by atoms with Crippen LogP contribution in [0.15, 0.2) is 0 Å². The first-order valence-electron chi connectivity index (χ1n) is 6.28. The van der Waals surface area contributed by atoms with E-state index >= 15 is 0 Å². The van der Waals surface area contributed by atoms with Crippen molar-refractivity contribution in [2.45, 2.75) is 52.5 Å². The highest BCUT2D eigenvalue weighted by molar-refractivity contribution is 6.28. The molecule has 1 fully saturated rings. The zero-order valence-electron chi connectivity index (χ0n) is 10.1. The van der Waals surface area contributed by atoms with Gasteiger partial charge in [0.2, 0.25) is 0 Å². The first kappa shape index (κ1) is 12.2. The van der Waals surface area contributed by atoms with E-state index in [1.165, 1.54) is 45.3 Å². The standard InChI is InChI=1S/C11H26N2Si/c1-4-12(5-2)14-13(6-3)11-9-7-8-10-11/h11H,4-10,14H2,1-3H3. The molecule has 0 N–H and O–H groups in total. The lowest BCUT2D eigenvalue weighted by molar-refractivity contribution is 0.313. The Kier molecular flexibility index (Phi) is 5.75. The number of rotatable bonds is 6. The van der Waals surface area contributed by atoms with Gasteiger partial charge in [-0.2, -0.15) is 0 Å². The van der Waals surface area contributed by atoms with E-state index in [0.29, 0.717) is 0 Å². The van der Waals surface area contributed by atoms with Crippen molar-refractivity contribution in [3.05, 3.63) is 0 Å². The van der Waals surface area contributed by atoms with Gasteiger partial charge >= 0.3 is 0 Å². The van der Waals surface area contributed by atoms with E-state index in [1.54, 1.807) is 0 Å². The molecule has 1 aliphatic carbocycles. The average molecular weight is 214 g/mol. The largest absolute Gasteiger partial charge is 0.317 e. The van der Waals surface area contributed by atoms with Crippen molar-refractivity contribution < 1.29 is 0 Å². The normalized spacial score (nSPS) is 19.5. The van der Waals surface area contributed by atoms with Gasteiger partial charge in [-0.05, 0) is 32.5 Å². The molecule has 14 heavy (non-hydrogen) atoms. The Labute approximate surface area is 91.6 Å². The molecule has 0 saturated heterocycles. The van der Waals surface area contributed by atoms with Crippen LogP contribution in [0.4, 0.5) is 0 Å². The molecule has 0 unspecified atom stereocenters. The van der Waals surface area contributed by atoms with Gasteiger partial charge in [0.1, 0.15) is 0 Å². The predicted molar refractivity (Wildman–Crippen MR) is 66.1 cm³/mol. The molecular formula is C11H26N2Si. The van der Waals surface area contributed by atoms with Crippen molar-refractivity contribution in [3.63, 3.8) is 0 Å². The van der Waals surface area contributed by atoms with Gasteiger partial charge in [-0.25, -0.2) is 0 Å². The van der Waals surface area contributed by atoms with E-state index in [4.69, 9.17) is 0 Å². The number of hydrogen-bond donors (Lipinski definition) is 0. The van der Waals surface area contributed by atoms with E-state index < -0.39 is 0 Å². The molecule has 0 aromatic carbocycles. The fraction of sp³-hybridized carbons (Fsp3) is 1.00. The zero-order valence-corrected chi connectivity index (χ0v) is 11.5. The molecule has 1 aliphatic rings. The Balaban J connectivity index is 2.36. The summed E-state index contributed by atoms with van der Waals surface area (Å²) in [6.07, 6.45) is 5.85. The summed E-state index contributed by atoms with van der Waals surface area (Å²) in [4.78, 5) is 0. The first-order chi connectivity index (χ1) is 6.81. The van der Waals surface area contributed by atoms with Crippen LogP contribution >= 0.6 is 0 Å². The molecule has 0 aliphatic heterocycles. The molecule has 2 nitrogen and oxygen atoms in total. The minimum absolute atomic E-state index is 0.124. The Morgan fingerprint density at radius 2 is 1.57 bits per heavy atom.